The minimum Gasteiger partial charge on any atom is -0.491 e. The maximum absolute atomic E-state index is 6.11. The first-order chi connectivity index (χ1) is 9.72. The van der Waals surface area contributed by atoms with Gasteiger partial charge in [-0.05, 0) is 24.6 Å². The number of rotatable bonds is 7. The molecule has 0 unspecified atom stereocenters. The summed E-state index contributed by atoms with van der Waals surface area (Å²) in [6.45, 7) is 3.57. The highest BCUT2D eigenvalue weighted by atomic mass is 16.5. The molecule has 0 fully saturated rings. The van der Waals surface area contributed by atoms with Crippen LogP contribution in [0.15, 0.2) is 30.5 Å². The van der Waals surface area contributed by atoms with E-state index in [0.717, 1.165) is 30.8 Å². The molecule has 3 N–H and O–H groups in total. The van der Waals surface area contributed by atoms with Gasteiger partial charge in [0.15, 0.2) is 0 Å². The smallest absolute Gasteiger partial charge is 0.144 e. The molecule has 0 saturated carbocycles. The van der Waals surface area contributed by atoms with E-state index < -0.39 is 0 Å². The van der Waals surface area contributed by atoms with E-state index in [1.807, 2.05) is 42.2 Å². The molecule has 108 valence electrons. The summed E-state index contributed by atoms with van der Waals surface area (Å²) in [5.41, 5.74) is 8.89. The summed E-state index contributed by atoms with van der Waals surface area (Å²) in [5, 5.41) is 7.50. The summed E-state index contributed by atoms with van der Waals surface area (Å²) in [7, 11) is 1.95. The average molecular weight is 274 g/mol. The van der Waals surface area contributed by atoms with Crippen LogP contribution in [0.2, 0.25) is 0 Å². The quantitative estimate of drug-likeness (QED) is 0.761. The number of nitrogen functional groups attached to an aromatic ring is 1. The number of aryl methyl sites for hydroxylation is 1. The highest BCUT2D eigenvalue weighted by Crippen LogP contribution is 2.29. The molecule has 20 heavy (non-hydrogen) atoms. The Hall–Kier alpha value is -2.17. The summed E-state index contributed by atoms with van der Waals surface area (Å²) in [6, 6.07) is 7.84. The van der Waals surface area contributed by atoms with Crippen LogP contribution in [0.3, 0.4) is 0 Å². The predicted molar refractivity (Wildman–Crippen MR) is 82.0 cm³/mol. The van der Waals surface area contributed by atoms with Gasteiger partial charge in [-0.25, -0.2) is 0 Å². The zero-order chi connectivity index (χ0) is 14.4. The molecule has 5 nitrogen and oxygen atoms in total. The first-order valence-corrected chi connectivity index (χ1v) is 6.94. The van der Waals surface area contributed by atoms with Crippen LogP contribution in [-0.4, -0.2) is 22.9 Å². The van der Waals surface area contributed by atoms with Gasteiger partial charge in [-0.15, -0.1) is 0 Å². The van der Waals surface area contributed by atoms with Gasteiger partial charge in [0.25, 0.3) is 0 Å². The van der Waals surface area contributed by atoms with Gasteiger partial charge in [-0.2, -0.15) is 5.10 Å². The lowest BCUT2D eigenvalue weighted by atomic mass is 10.2. The van der Waals surface area contributed by atoms with Gasteiger partial charge in [0.05, 0.1) is 18.0 Å². The summed E-state index contributed by atoms with van der Waals surface area (Å²) in [5.74, 6) is 0.748. The predicted octanol–water partition coefficient (Wildman–Crippen LogP) is 2.45. The standard InChI is InChI=1S/C15H22N4O/c1-3-11-20-14-6-4-5-13(15(14)16)17-9-7-12-8-10-18-19(12)2/h4-6,8,10,17H,3,7,9,11,16H2,1-2H3. The van der Waals surface area contributed by atoms with E-state index in [0.29, 0.717) is 12.3 Å². The molecule has 5 heteroatoms. The van der Waals surface area contributed by atoms with Crippen molar-refractivity contribution in [1.82, 2.24) is 9.78 Å². The third kappa shape index (κ3) is 3.44. The van der Waals surface area contributed by atoms with E-state index in [1.165, 1.54) is 5.69 Å². The molecular weight excluding hydrogens is 252 g/mol. The monoisotopic (exact) mass is 274 g/mol. The van der Waals surface area contributed by atoms with Crippen molar-refractivity contribution in [1.29, 1.82) is 0 Å². The third-order valence-corrected chi connectivity index (χ3v) is 3.15. The molecule has 1 aromatic heterocycles. The van der Waals surface area contributed by atoms with Gasteiger partial charge in [-0.3, -0.25) is 4.68 Å². The van der Waals surface area contributed by atoms with E-state index in [9.17, 15) is 0 Å². The van der Waals surface area contributed by atoms with Gasteiger partial charge < -0.3 is 15.8 Å². The third-order valence-electron chi connectivity index (χ3n) is 3.15. The Kier molecular flexibility index (Phi) is 4.87. The lowest BCUT2D eigenvalue weighted by molar-refractivity contribution is 0.319. The van der Waals surface area contributed by atoms with E-state index in [1.54, 1.807) is 0 Å². The second-order valence-electron chi connectivity index (χ2n) is 4.69. The van der Waals surface area contributed by atoms with Crippen LogP contribution in [0.25, 0.3) is 0 Å². The van der Waals surface area contributed by atoms with Gasteiger partial charge in [0, 0.05) is 31.9 Å². The van der Waals surface area contributed by atoms with Crippen molar-refractivity contribution in [2.75, 3.05) is 24.2 Å². The molecule has 2 rings (SSSR count). The Morgan fingerprint density at radius 1 is 1.35 bits per heavy atom. The first kappa shape index (κ1) is 14.2. The Balaban J connectivity index is 1.94. The maximum Gasteiger partial charge on any atom is 0.144 e. The highest BCUT2D eigenvalue weighted by molar-refractivity contribution is 5.72. The van der Waals surface area contributed by atoms with Crippen LogP contribution in [0.5, 0.6) is 5.75 Å². The molecule has 0 atom stereocenters. The summed E-state index contributed by atoms with van der Waals surface area (Å²) in [4.78, 5) is 0. The van der Waals surface area contributed by atoms with Crippen LogP contribution in [0, 0.1) is 0 Å². The van der Waals surface area contributed by atoms with Crippen molar-refractivity contribution in [2.45, 2.75) is 19.8 Å². The SMILES string of the molecule is CCCOc1cccc(NCCc2ccnn2C)c1N. The highest BCUT2D eigenvalue weighted by Gasteiger charge is 2.06. The van der Waals surface area contributed by atoms with Gasteiger partial charge in [-0.1, -0.05) is 13.0 Å². The Morgan fingerprint density at radius 3 is 2.90 bits per heavy atom. The van der Waals surface area contributed by atoms with E-state index in [-0.39, 0.29) is 0 Å². The molecule has 2 aromatic rings. The summed E-state index contributed by atoms with van der Waals surface area (Å²) in [6.07, 6.45) is 3.68. The molecule has 0 bridgehead atoms. The molecular formula is C15H22N4O. The molecule has 0 spiro atoms. The molecule has 0 saturated heterocycles. The number of benzene rings is 1. The lowest BCUT2D eigenvalue weighted by Gasteiger charge is -2.13. The fraction of sp³-hybridized carbons (Fsp3) is 0.400. The molecule has 1 aromatic carbocycles. The summed E-state index contributed by atoms with van der Waals surface area (Å²) >= 11 is 0. The van der Waals surface area contributed by atoms with E-state index in [2.05, 4.69) is 17.3 Å². The number of ether oxygens (including phenoxy) is 1. The number of nitrogens with one attached hydrogen (secondary N) is 1. The number of hydrogen-bond acceptors (Lipinski definition) is 4. The number of para-hydroxylation sites is 1. The van der Waals surface area contributed by atoms with E-state index >= 15 is 0 Å². The molecule has 0 radical (unpaired) electrons. The van der Waals surface area contributed by atoms with Crippen molar-refractivity contribution >= 4 is 11.4 Å². The Morgan fingerprint density at radius 2 is 2.20 bits per heavy atom. The van der Waals surface area contributed by atoms with Gasteiger partial charge in [0.2, 0.25) is 0 Å². The zero-order valence-corrected chi connectivity index (χ0v) is 12.1. The summed E-state index contributed by atoms with van der Waals surface area (Å²) < 4.78 is 7.50. The number of aromatic nitrogens is 2. The van der Waals surface area contributed by atoms with Gasteiger partial charge >= 0.3 is 0 Å². The number of hydrogen-bond donors (Lipinski definition) is 2. The van der Waals surface area contributed by atoms with Crippen LogP contribution < -0.4 is 15.8 Å². The Bertz CT molecular complexity index is 551. The minimum atomic E-state index is 0.672. The fourth-order valence-corrected chi connectivity index (χ4v) is 2.01. The molecule has 0 aliphatic heterocycles. The second-order valence-corrected chi connectivity index (χ2v) is 4.69. The number of nitrogens with zero attached hydrogens (tertiary/aromatic N) is 2. The van der Waals surface area contributed by atoms with E-state index in [4.69, 9.17) is 10.5 Å². The molecule has 1 heterocycles. The van der Waals surface area contributed by atoms with Gasteiger partial charge in [0.1, 0.15) is 5.75 Å². The minimum absolute atomic E-state index is 0.672. The zero-order valence-electron chi connectivity index (χ0n) is 12.1. The normalized spacial score (nSPS) is 10.5. The first-order valence-electron chi connectivity index (χ1n) is 6.94. The largest absolute Gasteiger partial charge is 0.491 e. The van der Waals surface area contributed by atoms with Crippen molar-refractivity contribution < 1.29 is 4.74 Å². The maximum atomic E-state index is 6.11. The molecule has 0 aliphatic rings. The lowest BCUT2D eigenvalue weighted by Crippen LogP contribution is -2.10. The Labute approximate surface area is 119 Å². The van der Waals surface area contributed by atoms with Crippen LogP contribution in [0.1, 0.15) is 19.0 Å². The molecule has 0 aliphatic carbocycles. The van der Waals surface area contributed by atoms with Crippen molar-refractivity contribution in [2.24, 2.45) is 7.05 Å². The molecule has 0 amide bonds. The van der Waals surface area contributed by atoms with Crippen LogP contribution >= 0.6 is 0 Å². The van der Waals surface area contributed by atoms with Crippen molar-refractivity contribution in [3.05, 3.63) is 36.2 Å². The second kappa shape index (κ2) is 6.84. The van der Waals surface area contributed by atoms with Crippen LogP contribution in [0.4, 0.5) is 11.4 Å². The van der Waals surface area contributed by atoms with Crippen molar-refractivity contribution in [3.63, 3.8) is 0 Å². The number of nitrogens with two attached hydrogens (primary N) is 1. The number of anilines is 2. The van der Waals surface area contributed by atoms with Crippen LogP contribution in [-0.2, 0) is 13.5 Å². The average Bonchev–Trinajstić information content (AvgIpc) is 2.85. The fourth-order valence-electron chi connectivity index (χ4n) is 2.01. The topological polar surface area (TPSA) is 65.1 Å². The van der Waals surface area contributed by atoms with Crippen molar-refractivity contribution in [3.8, 4) is 5.75 Å².